The molecule has 0 aliphatic rings. The van der Waals surface area contributed by atoms with Crippen LogP contribution in [0.3, 0.4) is 0 Å². The average molecular weight is 197 g/mol. The van der Waals surface area contributed by atoms with Gasteiger partial charge in [-0.25, -0.2) is 14.5 Å². The average Bonchev–Trinajstić information content (AvgIpc) is 2.45. The number of rotatable bonds is 3. The Balaban J connectivity index is 3.12. The van der Waals surface area contributed by atoms with E-state index in [-0.39, 0.29) is 5.92 Å². The summed E-state index contributed by atoms with van der Waals surface area (Å²) in [5.41, 5.74) is 0. The van der Waals surface area contributed by atoms with Crippen LogP contribution in [0, 0.1) is 6.92 Å². The third-order valence-corrected chi connectivity index (χ3v) is 2.00. The fourth-order valence-electron chi connectivity index (χ4n) is 1.23. The normalized spacial score (nSPS) is 13.2. The minimum Gasteiger partial charge on any atom is -0.480 e. The minimum absolute atomic E-state index is 0.179. The molecule has 1 heterocycles. The van der Waals surface area contributed by atoms with E-state index in [0.29, 0.717) is 5.82 Å². The molecular formula is C9H15N3O2. The standard InChI is InChI=1S/C9H15N3O2/c1-5(2)8-10-7(4)11-12(8)6(3)9(13)14/h5-6H,1-4H3,(H,13,14). The second-order valence-electron chi connectivity index (χ2n) is 3.63. The van der Waals surface area contributed by atoms with Gasteiger partial charge >= 0.3 is 5.97 Å². The number of hydrogen-bond donors (Lipinski definition) is 1. The Morgan fingerprint density at radius 2 is 2.00 bits per heavy atom. The van der Waals surface area contributed by atoms with Gasteiger partial charge in [-0.2, -0.15) is 5.10 Å². The van der Waals surface area contributed by atoms with Gasteiger partial charge in [0.05, 0.1) is 0 Å². The van der Waals surface area contributed by atoms with Gasteiger partial charge in [0.1, 0.15) is 17.7 Å². The van der Waals surface area contributed by atoms with Crippen LogP contribution in [-0.4, -0.2) is 25.8 Å². The highest BCUT2D eigenvalue weighted by Gasteiger charge is 2.20. The monoisotopic (exact) mass is 197 g/mol. The molecule has 1 aromatic rings. The lowest BCUT2D eigenvalue weighted by Gasteiger charge is -2.11. The van der Waals surface area contributed by atoms with Gasteiger partial charge in [-0.15, -0.1) is 0 Å². The number of aliphatic carboxylic acids is 1. The summed E-state index contributed by atoms with van der Waals surface area (Å²) >= 11 is 0. The van der Waals surface area contributed by atoms with Crippen molar-refractivity contribution >= 4 is 5.97 Å². The van der Waals surface area contributed by atoms with Crippen molar-refractivity contribution < 1.29 is 9.90 Å². The summed E-state index contributed by atoms with van der Waals surface area (Å²) in [6.45, 7) is 7.29. The van der Waals surface area contributed by atoms with Crippen LogP contribution in [0.2, 0.25) is 0 Å². The van der Waals surface area contributed by atoms with Gasteiger partial charge in [0, 0.05) is 5.92 Å². The molecule has 0 spiro atoms. The molecule has 0 radical (unpaired) electrons. The molecule has 0 saturated heterocycles. The number of carboxylic acid groups (broad SMARTS) is 1. The molecular weight excluding hydrogens is 182 g/mol. The zero-order chi connectivity index (χ0) is 10.9. The Bertz CT molecular complexity index is 344. The van der Waals surface area contributed by atoms with E-state index in [1.54, 1.807) is 13.8 Å². The summed E-state index contributed by atoms with van der Waals surface area (Å²) < 4.78 is 1.47. The molecule has 0 fully saturated rings. The maximum Gasteiger partial charge on any atom is 0.328 e. The maximum atomic E-state index is 10.8. The third-order valence-electron chi connectivity index (χ3n) is 2.00. The van der Waals surface area contributed by atoms with E-state index >= 15 is 0 Å². The summed E-state index contributed by atoms with van der Waals surface area (Å²) in [6, 6.07) is -0.659. The summed E-state index contributed by atoms with van der Waals surface area (Å²) in [6.07, 6.45) is 0. The molecule has 0 aromatic carbocycles. The first-order chi connectivity index (χ1) is 6.43. The van der Waals surface area contributed by atoms with Crippen LogP contribution >= 0.6 is 0 Å². The Labute approximate surface area is 82.8 Å². The third kappa shape index (κ3) is 1.92. The Morgan fingerprint density at radius 3 is 2.43 bits per heavy atom. The quantitative estimate of drug-likeness (QED) is 0.794. The fourth-order valence-corrected chi connectivity index (χ4v) is 1.23. The number of carbonyl (C=O) groups is 1. The Hall–Kier alpha value is -1.39. The molecule has 1 unspecified atom stereocenters. The molecule has 1 atom stereocenters. The molecule has 1 rings (SSSR count). The second-order valence-corrected chi connectivity index (χ2v) is 3.63. The molecule has 78 valence electrons. The number of aromatic nitrogens is 3. The predicted octanol–water partition coefficient (Wildman–Crippen LogP) is 1.36. The molecule has 0 bridgehead atoms. The number of carboxylic acids is 1. The van der Waals surface area contributed by atoms with Crippen molar-refractivity contribution in [3.05, 3.63) is 11.6 Å². The van der Waals surface area contributed by atoms with E-state index in [1.807, 2.05) is 13.8 Å². The van der Waals surface area contributed by atoms with Crippen LogP contribution in [0.1, 0.15) is 44.4 Å². The number of hydrogen-bond acceptors (Lipinski definition) is 3. The molecule has 14 heavy (non-hydrogen) atoms. The number of nitrogens with zero attached hydrogens (tertiary/aromatic N) is 3. The first kappa shape index (κ1) is 10.7. The lowest BCUT2D eigenvalue weighted by atomic mass is 10.2. The summed E-state index contributed by atoms with van der Waals surface area (Å²) in [5, 5.41) is 12.9. The van der Waals surface area contributed by atoms with Gasteiger partial charge in [0.2, 0.25) is 0 Å². The molecule has 1 aromatic heterocycles. The SMILES string of the molecule is Cc1nc(C(C)C)n(C(C)C(=O)O)n1. The van der Waals surface area contributed by atoms with E-state index in [0.717, 1.165) is 5.82 Å². The van der Waals surface area contributed by atoms with E-state index in [4.69, 9.17) is 5.11 Å². The van der Waals surface area contributed by atoms with Gasteiger partial charge in [-0.3, -0.25) is 0 Å². The smallest absolute Gasteiger partial charge is 0.328 e. The topological polar surface area (TPSA) is 68.0 Å². The molecule has 5 nitrogen and oxygen atoms in total. The van der Waals surface area contributed by atoms with Crippen LogP contribution in [0.5, 0.6) is 0 Å². The predicted molar refractivity (Wildman–Crippen MR) is 51.2 cm³/mol. The van der Waals surface area contributed by atoms with Crippen LogP contribution in [0.15, 0.2) is 0 Å². The maximum absolute atomic E-state index is 10.8. The van der Waals surface area contributed by atoms with Crippen molar-refractivity contribution in [1.29, 1.82) is 0 Å². The molecule has 1 N–H and O–H groups in total. The zero-order valence-electron chi connectivity index (χ0n) is 8.85. The van der Waals surface area contributed by atoms with Gasteiger partial charge in [-0.1, -0.05) is 13.8 Å². The van der Waals surface area contributed by atoms with Gasteiger partial charge in [0.15, 0.2) is 0 Å². The highest BCUT2D eigenvalue weighted by molar-refractivity contribution is 5.71. The largest absolute Gasteiger partial charge is 0.480 e. The molecule has 0 aliphatic carbocycles. The molecule has 0 amide bonds. The first-order valence-electron chi connectivity index (χ1n) is 4.59. The number of aryl methyl sites for hydroxylation is 1. The first-order valence-corrected chi connectivity index (χ1v) is 4.59. The summed E-state index contributed by atoms with van der Waals surface area (Å²) in [7, 11) is 0. The van der Waals surface area contributed by atoms with Crippen molar-refractivity contribution in [2.45, 2.75) is 39.7 Å². The van der Waals surface area contributed by atoms with Crippen LogP contribution in [-0.2, 0) is 4.79 Å². The Kier molecular flexibility index (Phi) is 2.88. The zero-order valence-corrected chi connectivity index (χ0v) is 8.85. The molecule has 0 saturated carbocycles. The van der Waals surface area contributed by atoms with Gasteiger partial charge in [-0.05, 0) is 13.8 Å². The van der Waals surface area contributed by atoms with E-state index in [9.17, 15) is 4.79 Å². The Morgan fingerprint density at radius 1 is 1.43 bits per heavy atom. The van der Waals surface area contributed by atoms with Crippen molar-refractivity contribution in [2.24, 2.45) is 0 Å². The van der Waals surface area contributed by atoms with E-state index in [1.165, 1.54) is 4.68 Å². The highest BCUT2D eigenvalue weighted by Crippen LogP contribution is 2.16. The molecule has 0 aliphatic heterocycles. The summed E-state index contributed by atoms with van der Waals surface area (Å²) in [5.74, 6) is 0.619. The lowest BCUT2D eigenvalue weighted by molar-refractivity contribution is -0.140. The second kappa shape index (κ2) is 3.77. The minimum atomic E-state index is -0.892. The fraction of sp³-hybridized carbons (Fsp3) is 0.667. The van der Waals surface area contributed by atoms with Crippen molar-refractivity contribution in [1.82, 2.24) is 14.8 Å². The van der Waals surface area contributed by atoms with E-state index < -0.39 is 12.0 Å². The van der Waals surface area contributed by atoms with E-state index in [2.05, 4.69) is 10.1 Å². The van der Waals surface area contributed by atoms with Gasteiger partial charge in [0.25, 0.3) is 0 Å². The van der Waals surface area contributed by atoms with Crippen LogP contribution in [0.25, 0.3) is 0 Å². The van der Waals surface area contributed by atoms with Crippen LogP contribution < -0.4 is 0 Å². The van der Waals surface area contributed by atoms with Gasteiger partial charge < -0.3 is 5.11 Å². The molecule has 5 heteroatoms. The van der Waals surface area contributed by atoms with Crippen molar-refractivity contribution in [3.63, 3.8) is 0 Å². The summed E-state index contributed by atoms with van der Waals surface area (Å²) in [4.78, 5) is 15.0. The lowest BCUT2D eigenvalue weighted by Crippen LogP contribution is -2.19. The van der Waals surface area contributed by atoms with Crippen molar-refractivity contribution in [3.8, 4) is 0 Å². The highest BCUT2D eigenvalue weighted by atomic mass is 16.4. The van der Waals surface area contributed by atoms with Crippen molar-refractivity contribution in [2.75, 3.05) is 0 Å². The van der Waals surface area contributed by atoms with Crippen LogP contribution in [0.4, 0.5) is 0 Å².